The molecule has 0 bridgehead atoms. The molecular weight excluding hydrogens is 566 g/mol. The van der Waals surface area contributed by atoms with Gasteiger partial charge in [0.25, 0.3) is 0 Å². The number of benzene rings is 1. The van der Waals surface area contributed by atoms with Gasteiger partial charge >= 0.3 is 0 Å². The SMILES string of the molecule is CCC[C@@H](O)COc1ccc(Cl)c(-c2nc(C(C(C)=O)=C(C)N)c(C)c(N3CC4(CCN(S(C)(=O)=O)CC4)C3)n2)c1. The lowest BCUT2D eigenvalue weighted by molar-refractivity contribution is -0.111. The van der Waals surface area contributed by atoms with Crippen molar-refractivity contribution in [3.63, 3.8) is 0 Å². The minimum absolute atomic E-state index is 0.00661. The summed E-state index contributed by atoms with van der Waals surface area (Å²) >= 11 is 6.63. The molecule has 3 heterocycles. The first-order chi connectivity index (χ1) is 19.2. The van der Waals surface area contributed by atoms with E-state index in [2.05, 4.69) is 4.90 Å². The van der Waals surface area contributed by atoms with Crippen molar-refractivity contribution < 1.29 is 23.1 Å². The number of sulfonamides is 1. The van der Waals surface area contributed by atoms with E-state index in [9.17, 15) is 18.3 Å². The van der Waals surface area contributed by atoms with E-state index in [0.717, 1.165) is 24.8 Å². The van der Waals surface area contributed by atoms with Crippen LogP contribution in [0.1, 0.15) is 57.7 Å². The van der Waals surface area contributed by atoms with Gasteiger partial charge in [0.15, 0.2) is 11.6 Å². The second-order valence-corrected chi connectivity index (χ2v) is 13.8. The van der Waals surface area contributed by atoms with Gasteiger partial charge in [-0.05, 0) is 58.2 Å². The fourth-order valence-electron chi connectivity index (χ4n) is 5.70. The number of Topliss-reactive ketones (excluding diaryl/α,β-unsaturated/α-hetero) is 1. The van der Waals surface area contributed by atoms with E-state index in [4.69, 9.17) is 32.0 Å². The maximum absolute atomic E-state index is 12.7. The molecule has 2 fully saturated rings. The highest BCUT2D eigenvalue weighted by molar-refractivity contribution is 7.88. The van der Waals surface area contributed by atoms with Gasteiger partial charge in [0, 0.05) is 48.4 Å². The summed E-state index contributed by atoms with van der Waals surface area (Å²) in [5.41, 5.74) is 8.58. The molecule has 12 heteroatoms. The number of allylic oxidation sites excluding steroid dienone is 2. The smallest absolute Gasteiger partial charge is 0.211 e. The summed E-state index contributed by atoms with van der Waals surface area (Å²) in [5.74, 6) is 1.33. The van der Waals surface area contributed by atoms with E-state index in [-0.39, 0.29) is 17.8 Å². The molecule has 4 rings (SSSR count). The number of carbonyl (C=O) groups is 1. The number of hydrogen-bond donors (Lipinski definition) is 2. The Hall–Kier alpha value is -2.73. The summed E-state index contributed by atoms with van der Waals surface area (Å²) < 4.78 is 31.4. The number of rotatable bonds is 10. The Kier molecular flexibility index (Phi) is 9.32. The number of nitrogens with zero attached hydrogens (tertiary/aromatic N) is 4. The van der Waals surface area contributed by atoms with Gasteiger partial charge in [0.05, 0.1) is 28.6 Å². The van der Waals surface area contributed by atoms with Crippen LogP contribution in [0.3, 0.4) is 0 Å². The van der Waals surface area contributed by atoms with Gasteiger partial charge in [-0.15, -0.1) is 0 Å². The zero-order valence-electron chi connectivity index (χ0n) is 24.4. The Morgan fingerprint density at radius 3 is 2.44 bits per heavy atom. The number of aromatic nitrogens is 2. The van der Waals surface area contributed by atoms with Gasteiger partial charge in [-0.1, -0.05) is 24.9 Å². The molecule has 0 unspecified atom stereocenters. The first kappa shape index (κ1) is 31.2. The Balaban J connectivity index is 1.70. The van der Waals surface area contributed by atoms with Gasteiger partial charge in [0.2, 0.25) is 10.0 Å². The van der Waals surface area contributed by atoms with Crippen molar-refractivity contribution in [3.05, 3.63) is 40.2 Å². The third-order valence-corrected chi connectivity index (χ3v) is 9.58. The summed E-state index contributed by atoms with van der Waals surface area (Å²) in [4.78, 5) is 24.6. The number of aliphatic hydroxyl groups excluding tert-OH is 1. The number of ketones is 1. The van der Waals surface area contributed by atoms with E-state index < -0.39 is 16.1 Å². The number of piperidine rings is 1. The molecule has 2 aliphatic rings. The van der Waals surface area contributed by atoms with E-state index in [1.165, 1.54) is 13.2 Å². The van der Waals surface area contributed by atoms with Crippen LogP contribution in [0.4, 0.5) is 5.82 Å². The van der Waals surface area contributed by atoms with Crippen molar-refractivity contribution in [1.29, 1.82) is 0 Å². The Morgan fingerprint density at radius 1 is 1.22 bits per heavy atom. The largest absolute Gasteiger partial charge is 0.491 e. The molecule has 10 nitrogen and oxygen atoms in total. The number of ether oxygens (including phenoxy) is 1. The summed E-state index contributed by atoms with van der Waals surface area (Å²) in [6, 6.07) is 5.17. The molecule has 41 heavy (non-hydrogen) atoms. The molecule has 224 valence electrons. The average molecular weight is 606 g/mol. The average Bonchev–Trinajstić information content (AvgIpc) is 2.87. The van der Waals surface area contributed by atoms with Gasteiger partial charge in [-0.25, -0.2) is 22.7 Å². The fraction of sp³-hybridized carbons (Fsp3) is 0.552. The molecule has 2 saturated heterocycles. The molecule has 1 atom stereocenters. The third-order valence-electron chi connectivity index (χ3n) is 7.95. The van der Waals surface area contributed by atoms with Crippen molar-refractivity contribution in [3.8, 4) is 17.1 Å². The molecule has 3 N–H and O–H groups in total. The minimum Gasteiger partial charge on any atom is -0.491 e. The van der Waals surface area contributed by atoms with E-state index in [1.54, 1.807) is 29.4 Å². The molecule has 2 aromatic rings. The monoisotopic (exact) mass is 605 g/mol. The number of hydrogen-bond acceptors (Lipinski definition) is 9. The van der Waals surface area contributed by atoms with Crippen LogP contribution >= 0.6 is 11.6 Å². The third kappa shape index (κ3) is 6.85. The van der Waals surface area contributed by atoms with Crippen LogP contribution in [0, 0.1) is 12.3 Å². The topological polar surface area (TPSA) is 139 Å². The Morgan fingerprint density at radius 2 is 1.88 bits per heavy atom. The highest BCUT2D eigenvalue weighted by Crippen LogP contribution is 2.44. The first-order valence-electron chi connectivity index (χ1n) is 13.9. The summed E-state index contributed by atoms with van der Waals surface area (Å²) in [5, 5.41) is 10.5. The predicted molar refractivity (Wildman–Crippen MR) is 161 cm³/mol. The van der Waals surface area contributed by atoms with Crippen LogP contribution in [0.25, 0.3) is 17.0 Å². The molecular formula is C29H40ClN5O5S. The lowest BCUT2D eigenvalue weighted by Crippen LogP contribution is -2.61. The quantitative estimate of drug-likeness (QED) is 0.387. The highest BCUT2D eigenvalue weighted by Gasteiger charge is 2.47. The van der Waals surface area contributed by atoms with Crippen molar-refractivity contribution in [2.75, 3.05) is 43.9 Å². The molecule has 0 amide bonds. The van der Waals surface area contributed by atoms with Crippen LogP contribution in [0.2, 0.25) is 5.02 Å². The standard InChI is InChI=1S/C29H40ClN5O5S/c1-6-7-21(37)15-40-22-8-9-24(30)23(14-22)27-32-26(25(19(3)31)20(4)36)18(2)28(33-27)34-16-29(17-34)10-12-35(13-11-29)41(5,38)39/h8-9,14,21,37H,6-7,10-13,15-17,31H2,1-5H3/t21-/m1/s1. The maximum atomic E-state index is 12.7. The predicted octanol–water partition coefficient (Wildman–Crippen LogP) is 3.79. The first-order valence-corrected chi connectivity index (χ1v) is 16.1. The molecule has 0 radical (unpaired) electrons. The number of nitrogens with two attached hydrogens (primary N) is 1. The number of carbonyl (C=O) groups excluding carboxylic acids is 1. The van der Waals surface area contributed by atoms with E-state index >= 15 is 0 Å². The number of halogens is 1. The molecule has 1 aromatic carbocycles. The molecule has 0 aliphatic carbocycles. The maximum Gasteiger partial charge on any atom is 0.211 e. The molecule has 1 aromatic heterocycles. The fourth-order valence-corrected chi connectivity index (χ4v) is 6.75. The molecule has 0 saturated carbocycles. The van der Waals surface area contributed by atoms with Crippen molar-refractivity contribution >= 4 is 38.8 Å². The lowest BCUT2D eigenvalue weighted by atomic mass is 9.72. The van der Waals surface area contributed by atoms with E-state index in [0.29, 0.717) is 77.5 Å². The van der Waals surface area contributed by atoms with Crippen LogP contribution in [0.5, 0.6) is 5.75 Å². The zero-order chi connectivity index (χ0) is 30.1. The van der Waals surface area contributed by atoms with Gasteiger partial charge in [0.1, 0.15) is 18.2 Å². The molecule has 1 spiro atoms. The minimum atomic E-state index is -3.21. The van der Waals surface area contributed by atoms with Crippen LogP contribution in [-0.2, 0) is 14.8 Å². The Bertz CT molecular complexity index is 1440. The van der Waals surface area contributed by atoms with Gasteiger partial charge < -0.3 is 20.5 Å². The van der Waals surface area contributed by atoms with Gasteiger partial charge in [-0.3, -0.25) is 4.79 Å². The Labute approximate surface area is 247 Å². The van der Waals surface area contributed by atoms with Crippen LogP contribution < -0.4 is 15.4 Å². The van der Waals surface area contributed by atoms with Crippen molar-refractivity contribution in [2.24, 2.45) is 11.1 Å². The number of anilines is 1. The van der Waals surface area contributed by atoms with Crippen molar-refractivity contribution in [1.82, 2.24) is 14.3 Å². The lowest BCUT2D eigenvalue weighted by Gasteiger charge is -2.54. The summed E-state index contributed by atoms with van der Waals surface area (Å²) in [7, 11) is -3.21. The second-order valence-electron chi connectivity index (χ2n) is 11.4. The van der Waals surface area contributed by atoms with Crippen molar-refractivity contribution in [2.45, 2.75) is 59.5 Å². The zero-order valence-corrected chi connectivity index (χ0v) is 26.0. The second kappa shape index (κ2) is 12.2. The summed E-state index contributed by atoms with van der Waals surface area (Å²) in [6.07, 6.45) is 3.71. The van der Waals surface area contributed by atoms with E-state index in [1.807, 2.05) is 13.8 Å². The molecule has 2 aliphatic heterocycles. The normalized spacial score (nSPS) is 18.6. The summed E-state index contributed by atoms with van der Waals surface area (Å²) in [6.45, 7) is 9.61. The number of aliphatic hydroxyl groups is 1. The highest BCUT2D eigenvalue weighted by atomic mass is 35.5. The van der Waals surface area contributed by atoms with Crippen LogP contribution in [-0.4, -0.2) is 78.7 Å². The van der Waals surface area contributed by atoms with Crippen LogP contribution in [0.15, 0.2) is 23.9 Å². The van der Waals surface area contributed by atoms with Gasteiger partial charge in [-0.2, -0.15) is 0 Å².